The normalized spacial score (nSPS) is 10.4. The highest BCUT2D eigenvalue weighted by atomic mass is 79.9. The monoisotopic (exact) mass is 328 g/mol. The van der Waals surface area contributed by atoms with Gasteiger partial charge >= 0.3 is 0 Å². The lowest BCUT2D eigenvalue weighted by Gasteiger charge is -2.11. The zero-order valence-electron chi connectivity index (χ0n) is 9.97. The molecule has 0 bridgehead atoms. The number of nitrogens with one attached hydrogen (secondary N) is 2. The second-order valence-corrected chi connectivity index (χ2v) is 4.76. The summed E-state index contributed by atoms with van der Waals surface area (Å²) in [6.07, 6.45) is 0. The Morgan fingerprint density at radius 1 is 1.16 bits per heavy atom. The van der Waals surface area contributed by atoms with Crippen molar-refractivity contribution in [2.24, 2.45) is 5.84 Å². The molecule has 0 aliphatic heterocycles. The van der Waals surface area contributed by atoms with Gasteiger partial charge in [-0.2, -0.15) is 0 Å². The minimum atomic E-state index is -0.853. The average Bonchev–Trinajstić information content (AvgIpc) is 2.37. The zero-order chi connectivity index (χ0) is 14.0. The van der Waals surface area contributed by atoms with Crippen molar-refractivity contribution < 1.29 is 8.78 Å². The molecule has 0 amide bonds. The summed E-state index contributed by atoms with van der Waals surface area (Å²) in [5.41, 5.74) is 3.69. The summed E-state index contributed by atoms with van der Waals surface area (Å²) < 4.78 is 27.6. The van der Waals surface area contributed by atoms with E-state index in [0.717, 1.165) is 10.0 Å². The van der Waals surface area contributed by atoms with Crippen LogP contribution in [0.3, 0.4) is 0 Å². The molecule has 100 valence electrons. The SMILES string of the molecule is Cc1ccc(Br)c(Nc2nc(NN)c(F)cc2F)c1. The highest BCUT2D eigenvalue weighted by Gasteiger charge is 2.12. The molecule has 1 aromatic carbocycles. The number of rotatable bonds is 3. The van der Waals surface area contributed by atoms with E-state index in [1.165, 1.54) is 0 Å². The maximum absolute atomic E-state index is 13.6. The van der Waals surface area contributed by atoms with E-state index in [9.17, 15) is 8.78 Å². The second kappa shape index (κ2) is 5.50. The maximum atomic E-state index is 13.6. The Morgan fingerprint density at radius 2 is 1.84 bits per heavy atom. The number of hydrazine groups is 1. The summed E-state index contributed by atoms with van der Waals surface area (Å²) >= 11 is 3.34. The number of nitrogens with two attached hydrogens (primary N) is 1. The molecule has 0 saturated heterocycles. The van der Waals surface area contributed by atoms with Gasteiger partial charge < -0.3 is 10.7 Å². The van der Waals surface area contributed by atoms with Crippen LogP contribution in [0.25, 0.3) is 0 Å². The van der Waals surface area contributed by atoms with Crippen molar-refractivity contribution in [2.75, 3.05) is 10.7 Å². The topological polar surface area (TPSA) is 63.0 Å². The number of halogens is 3. The van der Waals surface area contributed by atoms with Crippen LogP contribution < -0.4 is 16.6 Å². The smallest absolute Gasteiger partial charge is 0.178 e. The van der Waals surface area contributed by atoms with Crippen molar-refractivity contribution >= 4 is 33.3 Å². The van der Waals surface area contributed by atoms with Crippen LogP contribution in [0.2, 0.25) is 0 Å². The van der Waals surface area contributed by atoms with Crippen LogP contribution in [0.4, 0.5) is 26.1 Å². The van der Waals surface area contributed by atoms with E-state index >= 15 is 0 Å². The highest BCUT2D eigenvalue weighted by molar-refractivity contribution is 9.10. The quantitative estimate of drug-likeness (QED) is 0.596. The van der Waals surface area contributed by atoms with Gasteiger partial charge in [0.15, 0.2) is 23.3 Å². The summed E-state index contributed by atoms with van der Waals surface area (Å²) in [4.78, 5) is 3.74. The third-order valence-electron chi connectivity index (χ3n) is 2.44. The lowest BCUT2D eigenvalue weighted by Crippen LogP contribution is -2.12. The van der Waals surface area contributed by atoms with Gasteiger partial charge in [0, 0.05) is 10.5 Å². The number of benzene rings is 1. The Labute approximate surface area is 117 Å². The molecule has 1 aromatic heterocycles. The molecule has 0 aliphatic rings. The third kappa shape index (κ3) is 2.99. The maximum Gasteiger partial charge on any atom is 0.178 e. The Bertz CT molecular complexity index is 619. The van der Waals surface area contributed by atoms with Gasteiger partial charge in [0.2, 0.25) is 0 Å². The van der Waals surface area contributed by atoms with E-state index in [4.69, 9.17) is 5.84 Å². The van der Waals surface area contributed by atoms with Crippen LogP contribution in [0.15, 0.2) is 28.7 Å². The molecule has 4 nitrogen and oxygen atoms in total. The van der Waals surface area contributed by atoms with Gasteiger partial charge in [-0.05, 0) is 40.5 Å². The molecule has 0 unspecified atom stereocenters. The first-order valence-corrected chi connectivity index (χ1v) is 6.16. The molecule has 0 saturated carbocycles. The lowest BCUT2D eigenvalue weighted by molar-refractivity contribution is 0.579. The fourth-order valence-corrected chi connectivity index (χ4v) is 1.86. The summed E-state index contributed by atoms with van der Waals surface area (Å²) in [5.74, 6) is 3.11. The van der Waals surface area contributed by atoms with Gasteiger partial charge in [0.05, 0.1) is 5.69 Å². The van der Waals surface area contributed by atoms with Gasteiger partial charge in [0.25, 0.3) is 0 Å². The van der Waals surface area contributed by atoms with Crippen LogP contribution >= 0.6 is 15.9 Å². The van der Waals surface area contributed by atoms with Gasteiger partial charge in [-0.25, -0.2) is 19.6 Å². The molecule has 0 atom stereocenters. The van der Waals surface area contributed by atoms with E-state index in [2.05, 4.69) is 31.7 Å². The van der Waals surface area contributed by atoms with Crippen molar-refractivity contribution in [1.82, 2.24) is 4.98 Å². The predicted octanol–water partition coefficient (Wildman–Crippen LogP) is 3.46. The van der Waals surface area contributed by atoms with Gasteiger partial charge in [0.1, 0.15) is 0 Å². The molecule has 19 heavy (non-hydrogen) atoms. The van der Waals surface area contributed by atoms with Crippen molar-refractivity contribution in [2.45, 2.75) is 6.92 Å². The molecule has 7 heteroatoms. The van der Waals surface area contributed by atoms with Crippen LogP contribution in [-0.4, -0.2) is 4.98 Å². The Kier molecular flexibility index (Phi) is 3.96. The highest BCUT2D eigenvalue weighted by Crippen LogP contribution is 2.28. The predicted molar refractivity (Wildman–Crippen MR) is 74.1 cm³/mol. The van der Waals surface area contributed by atoms with E-state index in [0.29, 0.717) is 11.8 Å². The number of aryl methyl sites for hydroxylation is 1. The second-order valence-electron chi connectivity index (χ2n) is 3.90. The van der Waals surface area contributed by atoms with Gasteiger partial charge in [-0.3, -0.25) is 0 Å². The van der Waals surface area contributed by atoms with Crippen molar-refractivity contribution in [1.29, 1.82) is 0 Å². The number of hydrogen-bond donors (Lipinski definition) is 3. The average molecular weight is 329 g/mol. The first kappa shape index (κ1) is 13.7. The molecular weight excluding hydrogens is 318 g/mol. The van der Waals surface area contributed by atoms with Crippen molar-refractivity contribution in [3.05, 3.63) is 45.9 Å². The van der Waals surface area contributed by atoms with Crippen molar-refractivity contribution in [3.8, 4) is 0 Å². The molecule has 0 spiro atoms. The standard InChI is InChI=1S/C12H11BrF2N4/c1-6-2-3-7(13)10(4-6)17-11-8(14)5-9(15)12(18-11)19-16/h2-5H,16H2,1H3,(H2,17,18,19). The van der Waals surface area contributed by atoms with Crippen LogP contribution in [-0.2, 0) is 0 Å². The van der Waals surface area contributed by atoms with E-state index < -0.39 is 11.6 Å². The first-order chi connectivity index (χ1) is 9.01. The summed E-state index contributed by atoms with van der Waals surface area (Å²) in [7, 11) is 0. The number of hydrogen-bond acceptors (Lipinski definition) is 4. The molecule has 0 aliphatic carbocycles. The summed E-state index contributed by atoms with van der Waals surface area (Å²) in [6, 6.07) is 6.25. The first-order valence-electron chi connectivity index (χ1n) is 5.37. The Hall–Kier alpha value is -1.73. The fraction of sp³-hybridized carbons (Fsp3) is 0.0833. The van der Waals surface area contributed by atoms with Gasteiger partial charge in [-0.15, -0.1) is 0 Å². The minimum Gasteiger partial charge on any atom is -0.337 e. The lowest BCUT2D eigenvalue weighted by atomic mass is 10.2. The van der Waals surface area contributed by atoms with Crippen LogP contribution in [0.5, 0.6) is 0 Å². The minimum absolute atomic E-state index is 0.111. The molecule has 2 aromatic rings. The third-order valence-corrected chi connectivity index (χ3v) is 3.13. The summed E-state index contributed by atoms with van der Waals surface area (Å²) in [5, 5.41) is 2.79. The van der Waals surface area contributed by atoms with Gasteiger partial charge in [-0.1, -0.05) is 6.07 Å². The van der Waals surface area contributed by atoms with E-state index in [-0.39, 0.29) is 11.6 Å². The molecule has 0 fully saturated rings. The molecule has 0 radical (unpaired) electrons. The summed E-state index contributed by atoms with van der Waals surface area (Å²) in [6.45, 7) is 1.90. The number of nitrogens with zero attached hydrogens (tertiary/aromatic N) is 1. The largest absolute Gasteiger partial charge is 0.337 e. The molecule has 1 heterocycles. The molecule has 2 rings (SSSR count). The Balaban J connectivity index is 2.40. The van der Waals surface area contributed by atoms with Crippen LogP contribution in [0, 0.1) is 18.6 Å². The molecule has 4 N–H and O–H groups in total. The van der Waals surface area contributed by atoms with Crippen molar-refractivity contribution in [3.63, 3.8) is 0 Å². The van der Waals surface area contributed by atoms with Crippen LogP contribution in [0.1, 0.15) is 5.56 Å². The zero-order valence-corrected chi connectivity index (χ0v) is 11.6. The number of pyridine rings is 1. The van der Waals surface area contributed by atoms with E-state index in [1.807, 2.05) is 25.1 Å². The number of aromatic nitrogens is 1. The fourth-order valence-electron chi connectivity index (χ4n) is 1.52. The Morgan fingerprint density at radius 3 is 2.53 bits per heavy atom. The van der Waals surface area contributed by atoms with E-state index in [1.54, 1.807) is 0 Å². The number of nitrogen functional groups attached to an aromatic ring is 1. The number of anilines is 3. The molecular formula is C12H11BrF2N4.